The molecule has 1 aromatic heterocycles. The first-order chi connectivity index (χ1) is 11.8. The molecule has 6 nitrogen and oxygen atoms in total. The van der Waals surface area contributed by atoms with E-state index in [2.05, 4.69) is 60.3 Å². The van der Waals surface area contributed by atoms with Crippen LogP contribution in [0.2, 0.25) is 0 Å². The average Bonchev–Trinajstić information content (AvgIpc) is 3.04. The van der Waals surface area contributed by atoms with Crippen LogP contribution in [0.1, 0.15) is 64.8 Å². The standard InChI is InChI=1S/C19H35N5O.HI/c1-14(2)17-10-16(25-23-17)11-21-18(20-6)22-13-19(4,5)24-9-7-8-15(3)12-24;/h10,14-15H,7-9,11-13H2,1-6H3,(H2,20,21,22);1H. The highest BCUT2D eigenvalue weighted by molar-refractivity contribution is 14.0. The van der Waals surface area contributed by atoms with Gasteiger partial charge in [0.05, 0.1) is 12.2 Å². The smallest absolute Gasteiger partial charge is 0.191 e. The van der Waals surface area contributed by atoms with Crippen molar-refractivity contribution in [3.05, 3.63) is 17.5 Å². The van der Waals surface area contributed by atoms with Crippen LogP contribution in [0.4, 0.5) is 0 Å². The summed E-state index contributed by atoms with van der Waals surface area (Å²) in [5, 5.41) is 10.9. The highest BCUT2D eigenvalue weighted by Crippen LogP contribution is 2.23. The minimum absolute atomic E-state index is 0. The summed E-state index contributed by atoms with van der Waals surface area (Å²) in [6, 6.07) is 2.00. The van der Waals surface area contributed by atoms with Crippen molar-refractivity contribution in [1.29, 1.82) is 0 Å². The van der Waals surface area contributed by atoms with Gasteiger partial charge >= 0.3 is 0 Å². The third kappa shape index (κ3) is 6.72. The van der Waals surface area contributed by atoms with Gasteiger partial charge in [0.2, 0.25) is 0 Å². The SMILES string of the molecule is CN=C(NCc1cc(C(C)C)no1)NCC(C)(C)N1CCCC(C)C1.I. The van der Waals surface area contributed by atoms with Gasteiger partial charge in [0.15, 0.2) is 11.7 Å². The molecule has 26 heavy (non-hydrogen) atoms. The van der Waals surface area contributed by atoms with Crippen LogP contribution in [0.3, 0.4) is 0 Å². The highest BCUT2D eigenvalue weighted by Gasteiger charge is 2.30. The van der Waals surface area contributed by atoms with Crippen molar-refractivity contribution < 1.29 is 4.52 Å². The van der Waals surface area contributed by atoms with Gasteiger partial charge in [-0.15, -0.1) is 24.0 Å². The van der Waals surface area contributed by atoms with Gasteiger partial charge < -0.3 is 15.2 Å². The molecule has 7 heteroatoms. The summed E-state index contributed by atoms with van der Waals surface area (Å²) in [5.41, 5.74) is 1.09. The lowest BCUT2D eigenvalue weighted by Crippen LogP contribution is -2.55. The number of hydrogen-bond donors (Lipinski definition) is 2. The van der Waals surface area contributed by atoms with Crippen LogP contribution >= 0.6 is 24.0 Å². The molecule has 150 valence electrons. The van der Waals surface area contributed by atoms with Crippen LogP contribution in [-0.2, 0) is 6.54 Å². The number of aromatic nitrogens is 1. The average molecular weight is 477 g/mol. The molecule has 1 aliphatic rings. The molecule has 0 saturated carbocycles. The number of nitrogens with one attached hydrogen (secondary N) is 2. The van der Waals surface area contributed by atoms with Crippen molar-refractivity contribution in [2.24, 2.45) is 10.9 Å². The predicted octanol–water partition coefficient (Wildman–Crippen LogP) is 3.59. The van der Waals surface area contributed by atoms with Crippen molar-refractivity contribution in [3.8, 4) is 0 Å². The lowest BCUT2D eigenvalue weighted by atomic mass is 9.93. The fourth-order valence-electron chi connectivity index (χ4n) is 3.23. The van der Waals surface area contributed by atoms with E-state index in [0.717, 1.165) is 29.9 Å². The Balaban J connectivity index is 0.00000338. The number of guanidine groups is 1. The first-order valence-electron chi connectivity index (χ1n) is 9.47. The van der Waals surface area contributed by atoms with Gasteiger partial charge in [-0.2, -0.15) is 0 Å². The van der Waals surface area contributed by atoms with E-state index in [1.807, 2.05) is 6.07 Å². The minimum Gasteiger partial charge on any atom is -0.359 e. The van der Waals surface area contributed by atoms with E-state index in [1.165, 1.54) is 25.9 Å². The van der Waals surface area contributed by atoms with Gasteiger partial charge in [-0.25, -0.2) is 0 Å². The van der Waals surface area contributed by atoms with Crippen LogP contribution in [0.15, 0.2) is 15.6 Å². The molecule has 2 N–H and O–H groups in total. The van der Waals surface area contributed by atoms with Gasteiger partial charge in [-0.3, -0.25) is 9.89 Å². The van der Waals surface area contributed by atoms with Gasteiger partial charge in [-0.05, 0) is 45.1 Å². The third-order valence-electron chi connectivity index (χ3n) is 5.02. The summed E-state index contributed by atoms with van der Waals surface area (Å²) < 4.78 is 5.37. The molecule has 1 aromatic rings. The monoisotopic (exact) mass is 477 g/mol. The first kappa shape index (κ1) is 23.2. The lowest BCUT2D eigenvalue weighted by molar-refractivity contribution is 0.0739. The number of hydrogen-bond acceptors (Lipinski definition) is 4. The molecule has 0 amide bonds. The summed E-state index contributed by atoms with van der Waals surface area (Å²) in [6.45, 7) is 15.0. The molecular weight excluding hydrogens is 441 g/mol. The molecular formula is C19H36IN5O. The summed E-state index contributed by atoms with van der Waals surface area (Å²) in [4.78, 5) is 6.91. The molecule has 1 aliphatic heterocycles. The Hall–Kier alpha value is -0.830. The van der Waals surface area contributed by atoms with Gasteiger partial charge in [0.25, 0.3) is 0 Å². The molecule has 0 aliphatic carbocycles. The Morgan fingerprint density at radius 2 is 2.15 bits per heavy atom. The lowest BCUT2D eigenvalue weighted by Gasteiger charge is -2.43. The van der Waals surface area contributed by atoms with Crippen molar-refractivity contribution in [2.45, 2.75) is 65.5 Å². The van der Waals surface area contributed by atoms with Gasteiger partial charge in [0, 0.05) is 31.7 Å². The van der Waals surface area contributed by atoms with E-state index in [-0.39, 0.29) is 29.5 Å². The summed E-state index contributed by atoms with van der Waals surface area (Å²) in [5.74, 6) is 2.78. The Morgan fingerprint density at radius 1 is 1.42 bits per heavy atom. The van der Waals surface area contributed by atoms with E-state index in [0.29, 0.717) is 12.5 Å². The molecule has 0 bridgehead atoms. The normalized spacial score (nSPS) is 19.3. The Bertz CT molecular complexity index is 570. The van der Waals surface area contributed by atoms with E-state index in [4.69, 9.17) is 4.52 Å². The predicted molar refractivity (Wildman–Crippen MR) is 118 cm³/mol. The minimum atomic E-state index is 0. The fraction of sp³-hybridized carbons (Fsp3) is 0.789. The number of aliphatic imine (C=N–C) groups is 1. The zero-order chi connectivity index (χ0) is 18.4. The second-order valence-corrected chi connectivity index (χ2v) is 8.16. The number of piperidine rings is 1. The van der Waals surface area contributed by atoms with Crippen molar-refractivity contribution >= 4 is 29.9 Å². The zero-order valence-corrected chi connectivity index (χ0v) is 19.5. The number of likely N-dealkylation sites (tertiary alicyclic amines) is 1. The van der Waals surface area contributed by atoms with Crippen molar-refractivity contribution in [3.63, 3.8) is 0 Å². The van der Waals surface area contributed by atoms with Gasteiger partial charge in [-0.1, -0.05) is 25.9 Å². The number of nitrogens with zero attached hydrogens (tertiary/aromatic N) is 3. The summed E-state index contributed by atoms with van der Waals surface area (Å²) >= 11 is 0. The molecule has 2 rings (SSSR count). The third-order valence-corrected chi connectivity index (χ3v) is 5.02. The highest BCUT2D eigenvalue weighted by atomic mass is 127. The maximum absolute atomic E-state index is 5.37. The van der Waals surface area contributed by atoms with E-state index >= 15 is 0 Å². The Labute approximate surface area is 175 Å². The van der Waals surface area contributed by atoms with Gasteiger partial charge in [0.1, 0.15) is 0 Å². The maximum Gasteiger partial charge on any atom is 0.191 e. The first-order valence-corrected chi connectivity index (χ1v) is 9.47. The molecule has 2 heterocycles. The number of halogens is 1. The molecule has 0 aromatic carbocycles. The van der Waals surface area contributed by atoms with Crippen LogP contribution < -0.4 is 10.6 Å². The van der Waals surface area contributed by atoms with Crippen LogP contribution in [0.25, 0.3) is 0 Å². The molecule has 1 fully saturated rings. The van der Waals surface area contributed by atoms with E-state index in [1.54, 1.807) is 7.05 Å². The topological polar surface area (TPSA) is 65.7 Å². The van der Waals surface area contributed by atoms with Crippen molar-refractivity contribution in [2.75, 3.05) is 26.7 Å². The van der Waals surface area contributed by atoms with Crippen LogP contribution in [0, 0.1) is 5.92 Å². The molecule has 1 unspecified atom stereocenters. The summed E-state index contributed by atoms with van der Waals surface area (Å²) in [7, 11) is 1.80. The molecule has 1 atom stereocenters. The van der Waals surface area contributed by atoms with Crippen molar-refractivity contribution in [1.82, 2.24) is 20.7 Å². The second-order valence-electron chi connectivity index (χ2n) is 8.16. The number of rotatable bonds is 6. The molecule has 0 radical (unpaired) electrons. The van der Waals surface area contributed by atoms with E-state index < -0.39 is 0 Å². The van der Waals surface area contributed by atoms with Crippen LogP contribution in [-0.4, -0.2) is 48.2 Å². The zero-order valence-electron chi connectivity index (χ0n) is 17.1. The Morgan fingerprint density at radius 3 is 2.73 bits per heavy atom. The fourth-order valence-corrected chi connectivity index (χ4v) is 3.23. The van der Waals surface area contributed by atoms with Crippen LogP contribution in [0.5, 0.6) is 0 Å². The molecule has 1 saturated heterocycles. The largest absolute Gasteiger partial charge is 0.359 e. The molecule has 0 spiro atoms. The summed E-state index contributed by atoms with van der Waals surface area (Å²) in [6.07, 6.45) is 2.64. The second kappa shape index (κ2) is 10.5. The van der Waals surface area contributed by atoms with E-state index in [9.17, 15) is 0 Å². The Kier molecular flexibility index (Phi) is 9.36. The maximum atomic E-state index is 5.37. The quantitative estimate of drug-likeness (QED) is 0.373.